The van der Waals surface area contributed by atoms with Gasteiger partial charge < -0.3 is 14.4 Å². The molecule has 0 amide bonds. The molecule has 0 heterocycles. The van der Waals surface area contributed by atoms with Gasteiger partial charge in [0.25, 0.3) is 0 Å². The number of hydrogen-bond donors (Lipinski definition) is 0. The summed E-state index contributed by atoms with van der Waals surface area (Å²) in [5.41, 5.74) is 0.830. The van der Waals surface area contributed by atoms with E-state index in [4.69, 9.17) is 4.74 Å². The molecule has 1 rings (SSSR count). The minimum Gasteiger partial charge on any atom is -0.466 e. The molecule has 1 aromatic rings. The monoisotopic (exact) mass is 305 g/mol. The molecule has 0 atom stereocenters. The van der Waals surface area contributed by atoms with Crippen LogP contribution in [0.5, 0.6) is 5.75 Å². The zero-order valence-electron chi connectivity index (χ0n) is 11.9. The van der Waals surface area contributed by atoms with Crippen molar-refractivity contribution >= 4 is 5.97 Å². The summed E-state index contributed by atoms with van der Waals surface area (Å²) < 4.78 is 44.7. The molecule has 0 spiro atoms. The van der Waals surface area contributed by atoms with Crippen molar-refractivity contribution in [2.24, 2.45) is 0 Å². The standard InChI is InChI=1S/C14H18F3NO3/c1-3-20-13(19)8-9-18(2)10-11-4-6-12(7-5-11)21-14(15,16)17/h4-7H,3,8-10H2,1-2H3. The first kappa shape index (κ1) is 17.3. The van der Waals surface area contributed by atoms with Gasteiger partial charge in [-0.05, 0) is 31.7 Å². The number of nitrogens with zero attached hydrogens (tertiary/aromatic N) is 1. The van der Waals surface area contributed by atoms with E-state index >= 15 is 0 Å². The molecule has 118 valence electrons. The Morgan fingerprint density at radius 2 is 1.86 bits per heavy atom. The summed E-state index contributed by atoms with van der Waals surface area (Å²) in [6.07, 6.45) is -4.41. The van der Waals surface area contributed by atoms with Crippen LogP contribution >= 0.6 is 0 Å². The van der Waals surface area contributed by atoms with Crippen molar-refractivity contribution < 1.29 is 27.4 Å². The van der Waals surface area contributed by atoms with Gasteiger partial charge in [0, 0.05) is 13.1 Å². The maximum absolute atomic E-state index is 12.0. The number of alkyl halides is 3. The highest BCUT2D eigenvalue weighted by molar-refractivity contribution is 5.69. The Hall–Kier alpha value is -1.76. The highest BCUT2D eigenvalue weighted by Crippen LogP contribution is 2.22. The smallest absolute Gasteiger partial charge is 0.466 e. The van der Waals surface area contributed by atoms with Crippen LogP contribution < -0.4 is 4.74 Å². The second kappa shape index (κ2) is 7.87. The van der Waals surface area contributed by atoms with E-state index in [0.29, 0.717) is 19.7 Å². The molecule has 21 heavy (non-hydrogen) atoms. The fourth-order valence-electron chi connectivity index (χ4n) is 1.70. The fraction of sp³-hybridized carbons (Fsp3) is 0.500. The van der Waals surface area contributed by atoms with Crippen LogP contribution in [0.2, 0.25) is 0 Å². The van der Waals surface area contributed by atoms with Crippen LogP contribution in [-0.2, 0) is 16.1 Å². The molecule has 0 aliphatic heterocycles. The number of ether oxygens (including phenoxy) is 2. The number of rotatable bonds is 7. The molecule has 0 unspecified atom stereocenters. The number of carbonyl (C=O) groups excluding carboxylic acids is 1. The van der Waals surface area contributed by atoms with Crippen molar-refractivity contribution in [2.75, 3.05) is 20.2 Å². The molecular formula is C14H18F3NO3. The minimum atomic E-state index is -4.68. The average molecular weight is 305 g/mol. The third-order valence-corrected chi connectivity index (χ3v) is 2.61. The van der Waals surface area contributed by atoms with Gasteiger partial charge in [-0.15, -0.1) is 13.2 Å². The number of hydrogen-bond acceptors (Lipinski definition) is 4. The molecule has 0 bridgehead atoms. The van der Waals surface area contributed by atoms with E-state index in [-0.39, 0.29) is 18.1 Å². The van der Waals surface area contributed by atoms with Crippen molar-refractivity contribution in [3.05, 3.63) is 29.8 Å². The quantitative estimate of drug-likeness (QED) is 0.726. The predicted octanol–water partition coefficient (Wildman–Crippen LogP) is 2.97. The van der Waals surface area contributed by atoms with Gasteiger partial charge in [0.15, 0.2) is 0 Å². The normalized spacial score (nSPS) is 11.5. The summed E-state index contributed by atoms with van der Waals surface area (Å²) in [7, 11) is 1.82. The van der Waals surface area contributed by atoms with E-state index in [1.165, 1.54) is 12.1 Å². The number of carbonyl (C=O) groups is 1. The van der Waals surface area contributed by atoms with Crippen molar-refractivity contribution in [3.8, 4) is 5.75 Å². The highest BCUT2D eigenvalue weighted by Gasteiger charge is 2.30. The minimum absolute atomic E-state index is 0.250. The van der Waals surface area contributed by atoms with Gasteiger partial charge in [0.2, 0.25) is 0 Å². The van der Waals surface area contributed by atoms with Crippen LogP contribution in [-0.4, -0.2) is 37.4 Å². The largest absolute Gasteiger partial charge is 0.573 e. The second-order valence-corrected chi connectivity index (χ2v) is 4.48. The molecule has 0 aromatic heterocycles. The summed E-state index contributed by atoms with van der Waals surface area (Å²) in [4.78, 5) is 13.1. The zero-order chi connectivity index (χ0) is 15.9. The van der Waals surface area contributed by atoms with Gasteiger partial charge in [-0.1, -0.05) is 12.1 Å². The summed E-state index contributed by atoms with van der Waals surface area (Å²) in [6, 6.07) is 5.65. The number of esters is 1. The Morgan fingerprint density at radius 1 is 1.24 bits per heavy atom. The van der Waals surface area contributed by atoms with Crippen LogP contribution in [0, 0.1) is 0 Å². The van der Waals surface area contributed by atoms with E-state index in [1.54, 1.807) is 19.1 Å². The van der Waals surface area contributed by atoms with Crippen LogP contribution in [0.1, 0.15) is 18.9 Å². The molecular weight excluding hydrogens is 287 g/mol. The van der Waals surface area contributed by atoms with E-state index < -0.39 is 6.36 Å². The van der Waals surface area contributed by atoms with Crippen molar-refractivity contribution in [1.29, 1.82) is 0 Å². The van der Waals surface area contributed by atoms with Crippen molar-refractivity contribution in [1.82, 2.24) is 4.90 Å². The van der Waals surface area contributed by atoms with Crippen molar-refractivity contribution in [3.63, 3.8) is 0 Å². The molecule has 0 aliphatic carbocycles. The van der Waals surface area contributed by atoms with Crippen LogP contribution in [0.3, 0.4) is 0 Å². The van der Waals surface area contributed by atoms with Crippen LogP contribution in [0.15, 0.2) is 24.3 Å². The first-order chi connectivity index (χ1) is 9.80. The van der Waals surface area contributed by atoms with E-state index in [9.17, 15) is 18.0 Å². The Morgan fingerprint density at radius 3 is 2.38 bits per heavy atom. The van der Waals surface area contributed by atoms with Gasteiger partial charge in [0.1, 0.15) is 5.75 Å². The molecule has 0 aliphatic rings. The third kappa shape index (κ3) is 7.55. The van der Waals surface area contributed by atoms with Gasteiger partial charge in [-0.3, -0.25) is 4.79 Å². The Bertz CT molecular complexity index is 446. The predicted molar refractivity (Wildman–Crippen MR) is 70.7 cm³/mol. The lowest BCUT2D eigenvalue weighted by atomic mass is 10.2. The van der Waals surface area contributed by atoms with Crippen LogP contribution in [0.25, 0.3) is 0 Å². The molecule has 4 nitrogen and oxygen atoms in total. The number of benzene rings is 1. The molecule has 0 fully saturated rings. The summed E-state index contributed by atoms with van der Waals surface area (Å²) in [6.45, 7) is 3.13. The molecule has 1 aromatic carbocycles. The van der Waals surface area contributed by atoms with E-state index in [0.717, 1.165) is 5.56 Å². The topological polar surface area (TPSA) is 38.8 Å². The first-order valence-corrected chi connectivity index (χ1v) is 6.49. The van der Waals surface area contributed by atoms with Crippen LogP contribution in [0.4, 0.5) is 13.2 Å². The van der Waals surface area contributed by atoms with Gasteiger partial charge in [-0.2, -0.15) is 0 Å². The lowest BCUT2D eigenvalue weighted by Gasteiger charge is -2.16. The molecule has 7 heteroatoms. The van der Waals surface area contributed by atoms with E-state index in [1.807, 2.05) is 11.9 Å². The first-order valence-electron chi connectivity index (χ1n) is 6.49. The number of halogens is 3. The van der Waals surface area contributed by atoms with Gasteiger partial charge in [-0.25, -0.2) is 0 Å². The van der Waals surface area contributed by atoms with Crippen molar-refractivity contribution in [2.45, 2.75) is 26.3 Å². The molecule has 0 saturated heterocycles. The average Bonchev–Trinajstić information content (AvgIpc) is 2.37. The van der Waals surface area contributed by atoms with Gasteiger partial charge in [0.05, 0.1) is 13.0 Å². The summed E-state index contributed by atoms with van der Waals surface area (Å²) >= 11 is 0. The maximum atomic E-state index is 12.0. The zero-order valence-corrected chi connectivity index (χ0v) is 11.9. The Balaban J connectivity index is 2.42. The molecule has 0 N–H and O–H groups in total. The maximum Gasteiger partial charge on any atom is 0.573 e. The van der Waals surface area contributed by atoms with E-state index in [2.05, 4.69) is 4.74 Å². The lowest BCUT2D eigenvalue weighted by Crippen LogP contribution is -2.22. The SMILES string of the molecule is CCOC(=O)CCN(C)Cc1ccc(OC(F)(F)F)cc1. The highest BCUT2D eigenvalue weighted by atomic mass is 19.4. The summed E-state index contributed by atoms with van der Waals surface area (Å²) in [5.74, 6) is -0.515. The fourth-order valence-corrected chi connectivity index (χ4v) is 1.70. The Labute approximate surface area is 121 Å². The molecule has 0 saturated carbocycles. The molecule has 0 radical (unpaired) electrons. The lowest BCUT2D eigenvalue weighted by molar-refractivity contribution is -0.274. The third-order valence-electron chi connectivity index (χ3n) is 2.61. The Kier molecular flexibility index (Phi) is 6.48. The van der Waals surface area contributed by atoms with Gasteiger partial charge >= 0.3 is 12.3 Å². The second-order valence-electron chi connectivity index (χ2n) is 4.48. The summed E-state index contributed by atoms with van der Waals surface area (Å²) in [5, 5.41) is 0.